The van der Waals surface area contributed by atoms with Crippen LogP contribution in [0.2, 0.25) is 5.02 Å². The monoisotopic (exact) mass is 319 g/mol. The van der Waals surface area contributed by atoms with Crippen molar-refractivity contribution < 1.29 is 13.9 Å². The Balaban J connectivity index is 1.93. The van der Waals surface area contributed by atoms with Gasteiger partial charge in [0, 0.05) is 18.2 Å². The number of nitrogens with one attached hydrogen (secondary N) is 1. The van der Waals surface area contributed by atoms with Gasteiger partial charge in [-0.05, 0) is 35.9 Å². The third-order valence-corrected chi connectivity index (χ3v) is 3.36. The van der Waals surface area contributed by atoms with Gasteiger partial charge >= 0.3 is 0 Å². The molecule has 5 heteroatoms. The smallest absolute Gasteiger partial charge is 0.244 e. The number of hydrogen-bond donors (Lipinski definition) is 1. The molecule has 1 N–H and O–H groups in total. The minimum absolute atomic E-state index is 0.198. The Morgan fingerprint density at radius 1 is 1.27 bits per heavy atom. The molecule has 0 bridgehead atoms. The van der Waals surface area contributed by atoms with Crippen LogP contribution in [0.5, 0.6) is 5.75 Å². The summed E-state index contributed by atoms with van der Waals surface area (Å²) in [4.78, 5) is 11.7. The molecule has 1 amide bonds. The van der Waals surface area contributed by atoms with Crippen LogP contribution in [0.3, 0.4) is 0 Å². The summed E-state index contributed by atoms with van der Waals surface area (Å²) in [6, 6.07) is 11.7. The first kappa shape index (κ1) is 16.0. The van der Waals surface area contributed by atoms with E-state index < -0.39 is 5.82 Å². The first-order valence-corrected chi connectivity index (χ1v) is 7.01. The molecule has 0 aliphatic rings. The van der Waals surface area contributed by atoms with E-state index in [1.165, 1.54) is 24.3 Å². The maximum Gasteiger partial charge on any atom is 0.244 e. The molecule has 114 valence electrons. The summed E-state index contributed by atoms with van der Waals surface area (Å²) in [5.41, 5.74) is 1.13. The molecule has 0 aliphatic carbocycles. The molecule has 0 fully saturated rings. The van der Waals surface area contributed by atoms with Crippen LogP contribution in [0, 0.1) is 5.82 Å². The molecule has 0 atom stereocenters. The fourth-order valence-corrected chi connectivity index (χ4v) is 2.05. The zero-order valence-corrected chi connectivity index (χ0v) is 12.7. The molecule has 22 heavy (non-hydrogen) atoms. The number of hydrogen-bond acceptors (Lipinski definition) is 2. The van der Waals surface area contributed by atoms with Crippen LogP contribution >= 0.6 is 11.6 Å². The van der Waals surface area contributed by atoms with Crippen molar-refractivity contribution in [2.24, 2.45) is 0 Å². The normalized spacial score (nSPS) is 10.7. The van der Waals surface area contributed by atoms with E-state index in [1.807, 2.05) is 24.3 Å². The Kier molecular flexibility index (Phi) is 5.55. The lowest BCUT2D eigenvalue weighted by atomic mass is 10.2. The van der Waals surface area contributed by atoms with Gasteiger partial charge < -0.3 is 10.1 Å². The standard InChI is InChI=1S/C17H15ClFNO2/c1-22-13-7-5-12(6-8-13)11-20-17(21)10-9-14-15(18)3-2-4-16(14)19/h2-10H,11H2,1H3,(H,20,21). The summed E-state index contributed by atoms with van der Waals surface area (Å²) in [6.45, 7) is 0.373. The van der Waals surface area contributed by atoms with Gasteiger partial charge in [0.2, 0.25) is 5.91 Å². The van der Waals surface area contributed by atoms with Crippen LogP contribution in [0.1, 0.15) is 11.1 Å². The van der Waals surface area contributed by atoms with Crippen LogP contribution < -0.4 is 10.1 Å². The van der Waals surface area contributed by atoms with Crippen LogP contribution in [0.25, 0.3) is 6.08 Å². The molecule has 2 rings (SSSR count). The van der Waals surface area contributed by atoms with E-state index in [-0.39, 0.29) is 16.5 Å². The predicted octanol–water partition coefficient (Wildman–Crippen LogP) is 3.82. The van der Waals surface area contributed by atoms with Gasteiger partial charge in [0.25, 0.3) is 0 Å². The predicted molar refractivity (Wildman–Crippen MR) is 85.3 cm³/mol. The number of halogens is 2. The number of benzene rings is 2. The Bertz CT molecular complexity index is 663. The second-order valence-electron chi connectivity index (χ2n) is 4.53. The molecule has 0 radical (unpaired) electrons. The number of rotatable bonds is 5. The summed E-state index contributed by atoms with van der Waals surface area (Å²) < 4.78 is 18.6. The lowest BCUT2D eigenvalue weighted by Gasteiger charge is -2.04. The zero-order valence-electron chi connectivity index (χ0n) is 12.0. The number of ether oxygens (including phenoxy) is 1. The molecule has 0 spiro atoms. The lowest BCUT2D eigenvalue weighted by molar-refractivity contribution is -0.116. The minimum Gasteiger partial charge on any atom is -0.497 e. The van der Waals surface area contributed by atoms with Crippen molar-refractivity contribution in [3.05, 3.63) is 70.5 Å². The number of amides is 1. The lowest BCUT2D eigenvalue weighted by Crippen LogP contribution is -2.20. The molecule has 2 aromatic carbocycles. The summed E-state index contributed by atoms with van der Waals surface area (Å²) in [6.07, 6.45) is 2.62. The minimum atomic E-state index is -0.466. The first-order chi connectivity index (χ1) is 10.6. The molecule has 0 heterocycles. The van der Waals surface area contributed by atoms with E-state index in [4.69, 9.17) is 16.3 Å². The largest absolute Gasteiger partial charge is 0.497 e. The topological polar surface area (TPSA) is 38.3 Å². The van der Waals surface area contributed by atoms with Gasteiger partial charge in [0.1, 0.15) is 11.6 Å². The van der Waals surface area contributed by atoms with Crippen LogP contribution in [-0.4, -0.2) is 13.0 Å². The van der Waals surface area contributed by atoms with Crippen molar-refractivity contribution >= 4 is 23.6 Å². The molecule has 0 unspecified atom stereocenters. The quantitative estimate of drug-likeness (QED) is 0.851. The van der Waals surface area contributed by atoms with Gasteiger partial charge in [0.15, 0.2) is 0 Å². The number of carbonyl (C=O) groups excluding carboxylic acids is 1. The highest BCUT2D eigenvalue weighted by Crippen LogP contribution is 2.20. The fraction of sp³-hybridized carbons (Fsp3) is 0.118. The SMILES string of the molecule is COc1ccc(CNC(=O)C=Cc2c(F)cccc2Cl)cc1. The Morgan fingerprint density at radius 2 is 2.00 bits per heavy atom. The van der Waals surface area contributed by atoms with Gasteiger partial charge in [-0.1, -0.05) is 29.8 Å². The Hall–Kier alpha value is -2.33. The second kappa shape index (κ2) is 7.61. The van der Waals surface area contributed by atoms with Crippen molar-refractivity contribution in [3.63, 3.8) is 0 Å². The van der Waals surface area contributed by atoms with E-state index in [2.05, 4.69) is 5.32 Å². The van der Waals surface area contributed by atoms with Gasteiger partial charge in [0.05, 0.1) is 12.1 Å². The highest BCUT2D eigenvalue weighted by molar-refractivity contribution is 6.32. The third kappa shape index (κ3) is 4.33. The van der Waals surface area contributed by atoms with Crippen LogP contribution in [0.15, 0.2) is 48.5 Å². The zero-order chi connectivity index (χ0) is 15.9. The van der Waals surface area contributed by atoms with E-state index in [0.717, 1.165) is 11.3 Å². The van der Waals surface area contributed by atoms with Crippen molar-refractivity contribution in [2.45, 2.75) is 6.54 Å². The summed E-state index contributed by atoms with van der Waals surface area (Å²) in [7, 11) is 1.59. The highest BCUT2D eigenvalue weighted by Gasteiger charge is 2.04. The van der Waals surface area contributed by atoms with Crippen molar-refractivity contribution in [1.82, 2.24) is 5.32 Å². The fourth-order valence-electron chi connectivity index (χ4n) is 1.82. The molecule has 0 aromatic heterocycles. The molecular formula is C17H15ClFNO2. The average molecular weight is 320 g/mol. The van der Waals surface area contributed by atoms with E-state index in [0.29, 0.717) is 6.54 Å². The summed E-state index contributed by atoms with van der Waals surface area (Å²) in [5, 5.41) is 2.98. The van der Waals surface area contributed by atoms with E-state index >= 15 is 0 Å². The molecule has 0 saturated heterocycles. The van der Waals surface area contributed by atoms with Crippen molar-refractivity contribution in [3.8, 4) is 5.75 Å². The second-order valence-corrected chi connectivity index (χ2v) is 4.94. The molecule has 0 saturated carbocycles. The summed E-state index contributed by atoms with van der Waals surface area (Å²) in [5.74, 6) is -0.0361. The van der Waals surface area contributed by atoms with Gasteiger partial charge in [-0.25, -0.2) is 4.39 Å². The Labute approximate surface area is 133 Å². The number of methoxy groups -OCH3 is 1. The molecule has 2 aromatic rings. The van der Waals surface area contributed by atoms with Crippen LogP contribution in [-0.2, 0) is 11.3 Å². The molecule has 3 nitrogen and oxygen atoms in total. The third-order valence-electron chi connectivity index (χ3n) is 3.03. The maximum atomic E-state index is 13.5. The van der Waals surface area contributed by atoms with E-state index in [9.17, 15) is 9.18 Å². The van der Waals surface area contributed by atoms with Crippen molar-refractivity contribution in [1.29, 1.82) is 0 Å². The Morgan fingerprint density at radius 3 is 2.64 bits per heavy atom. The van der Waals surface area contributed by atoms with Crippen LogP contribution in [0.4, 0.5) is 4.39 Å². The molecular weight excluding hydrogens is 305 g/mol. The molecule has 0 aliphatic heterocycles. The van der Waals surface area contributed by atoms with Crippen molar-refractivity contribution in [2.75, 3.05) is 7.11 Å². The highest BCUT2D eigenvalue weighted by atomic mass is 35.5. The van der Waals surface area contributed by atoms with Gasteiger partial charge in [-0.2, -0.15) is 0 Å². The summed E-state index contributed by atoms with van der Waals surface area (Å²) >= 11 is 5.88. The van der Waals surface area contributed by atoms with Gasteiger partial charge in [-0.15, -0.1) is 0 Å². The average Bonchev–Trinajstić information content (AvgIpc) is 2.53. The van der Waals surface area contributed by atoms with Gasteiger partial charge in [-0.3, -0.25) is 4.79 Å². The van der Waals surface area contributed by atoms with E-state index in [1.54, 1.807) is 13.2 Å². The first-order valence-electron chi connectivity index (χ1n) is 6.63. The number of carbonyl (C=O) groups is 1. The maximum absolute atomic E-state index is 13.5.